The van der Waals surface area contributed by atoms with Gasteiger partial charge in [0.1, 0.15) is 24.0 Å². The molecule has 1 aromatic carbocycles. The molecule has 3 N–H and O–H groups in total. The molecule has 9 heteroatoms. The summed E-state index contributed by atoms with van der Waals surface area (Å²) in [6.07, 6.45) is 6.03. The molecule has 0 bridgehead atoms. The van der Waals surface area contributed by atoms with Gasteiger partial charge in [0.05, 0.1) is 24.2 Å². The lowest BCUT2D eigenvalue weighted by Crippen LogP contribution is -2.34. The minimum Gasteiger partial charge on any atom is -0.470 e. The summed E-state index contributed by atoms with van der Waals surface area (Å²) in [5.74, 6) is 0.0751. The number of ether oxygens (including phenoxy) is 3. The van der Waals surface area contributed by atoms with Crippen LogP contribution in [-0.2, 0) is 9.47 Å². The molecule has 6 atom stereocenters. The number of hydrogen-bond acceptors (Lipinski definition) is 6. The minimum absolute atomic E-state index is 0.153. The van der Waals surface area contributed by atoms with Gasteiger partial charge in [-0.05, 0) is 43.6 Å². The van der Waals surface area contributed by atoms with Crippen LogP contribution in [0.1, 0.15) is 31.7 Å². The Morgan fingerprint density at radius 1 is 1.16 bits per heavy atom. The van der Waals surface area contributed by atoms with Gasteiger partial charge < -0.3 is 24.3 Å². The molecule has 2 aliphatic heterocycles. The Kier molecular flexibility index (Phi) is 6.89. The summed E-state index contributed by atoms with van der Waals surface area (Å²) < 4.78 is 36.0. The molecule has 0 spiro atoms. The zero-order chi connectivity index (χ0) is 25.5. The summed E-state index contributed by atoms with van der Waals surface area (Å²) in [5.41, 5.74) is 4.73. The van der Waals surface area contributed by atoms with Crippen molar-refractivity contribution in [2.24, 2.45) is 0 Å². The Balaban J connectivity index is 1.17. The van der Waals surface area contributed by atoms with Crippen molar-refractivity contribution >= 4 is 32.6 Å². The lowest BCUT2D eigenvalue weighted by molar-refractivity contribution is 0.00794. The number of benzene rings is 1. The van der Waals surface area contributed by atoms with Crippen LogP contribution in [0.3, 0.4) is 0 Å². The molecule has 7 nitrogen and oxygen atoms in total. The fourth-order valence-corrected chi connectivity index (χ4v) is 6.23. The number of aromatic amines is 1. The highest BCUT2D eigenvalue weighted by Crippen LogP contribution is 2.33. The van der Waals surface area contributed by atoms with Gasteiger partial charge in [0, 0.05) is 23.7 Å². The molecule has 6 rings (SSSR count). The van der Waals surface area contributed by atoms with Crippen molar-refractivity contribution < 1.29 is 23.7 Å². The topological polar surface area (TPSA) is 88.6 Å². The normalized spacial score (nSPS) is 28.4. The molecule has 4 heterocycles. The first-order valence-corrected chi connectivity index (χ1v) is 14.5. The third-order valence-electron chi connectivity index (χ3n) is 7.44. The summed E-state index contributed by atoms with van der Waals surface area (Å²) in [5, 5.41) is 12.1. The van der Waals surface area contributed by atoms with Crippen LogP contribution in [0.15, 0.2) is 42.5 Å². The second kappa shape index (κ2) is 10.3. The summed E-state index contributed by atoms with van der Waals surface area (Å²) in [7, 11) is 0.153. The van der Waals surface area contributed by atoms with Crippen LogP contribution < -0.4 is 9.46 Å². The largest absolute Gasteiger partial charge is 0.470 e. The molecule has 2 unspecified atom stereocenters. The molecule has 0 saturated carbocycles. The van der Waals surface area contributed by atoms with E-state index in [2.05, 4.69) is 51.4 Å². The van der Waals surface area contributed by atoms with Gasteiger partial charge in [0.25, 0.3) is 0 Å². The van der Waals surface area contributed by atoms with Crippen molar-refractivity contribution in [3.05, 3.63) is 53.9 Å². The number of allylic oxidation sites excluding steroid dienone is 1. The highest BCUT2D eigenvalue weighted by Gasteiger charge is 2.48. The van der Waals surface area contributed by atoms with E-state index in [1.54, 1.807) is 6.07 Å². The molecule has 196 valence electrons. The Labute approximate surface area is 218 Å². The lowest BCUT2D eigenvalue weighted by Gasteiger charge is -2.24. The number of aliphatic hydroxyl groups excluding tert-OH is 1. The van der Waals surface area contributed by atoms with Crippen molar-refractivity contribution in [3.8, 4) is 17.1 Å². The van der Waals surface area contributed by atoms with Crippen molar-refractivity contribution in [2.75, 3.05) is 19.5 Å². The number of H-pyrrole nitrogens is 1. The summed E-state index contributed by atoms with van der Waals surface area (Å²) in [4.78, 5) is 7.68. The number of aromatic nitrogens is 2. The van der Waals surface area contributed by atoms with Crippen molar-refractivity contribution in [1.82, 2.24) is 14.7 Å². The maximum absolute atomic E-state index is 15.1. The van der Waals surface area contributed by atoms with Gasteiger partial charge in [0.15, 0.2) is 17.8 Å². The SMILES string of the molecule is C/C=S(\C)NC1CC=C(c2ccc(-c3nc4cc(O[C@@H]5CO[C@H]6[C@@H]5OC[C@H]6O)[nH]c4cc3F)cc2)CC1. The Hall–Kier alpha value is -2.56. The number of aliphatic hydroxyl groups is 1. The maximum Gasteiger partial charge on any atom is 0.193 e. The van der Waals surface area contributed by atoms with E-state index in [1.165, 1.54) is 17.2 Å². The van der Waals surface area contributed by atoms with Crippen LogP contribution in [0.4, 0.5) is 4.39 Å². The number of halogens is 1. The van der Waals surface area contributed by atoms with Crippen LogP contribution in [0.25, 0.3) is 27.9 Å². The number of nitrogens with one attached hydrogen (secondary N) is 2. The standard InChI is InChI=1S/C28H32FN3O4S/c1-3-37(2)32-19-10-8-17(9-11-19)16-4-6-18(7-5-16)26-20(29)12-21-22(31-26)13-25(30-21)36-24-15-35-27-23(33)14-34-28(24)27/h3-8,12-13,19,23-24,27-28,30,32-33H,9-11,14-15H2,1-2H3/t19?,23-,24-,27-,28-,37?/m1/s1. The Morgan fingerprint density at radius 3 is 2.70 bits per heavy atom. The van der Waals surface area contributed by atoms with Crippen molar-refractivity contribution in [2.45, 2.75) is 56.6 Å². The molecule has 2 fully saturated rings. The van der Waals surface area contributed by atoms with Crippen LogP contribution in [0.2, 0.25) is 0 Å². The number of rotatable bonds is 6. The molecule has 0 radical (unpaired) electrons. The third kappa shape index (κ3) is 4.98. The van der Waals surface area contributed by atoms with Gasteiger partial charge in [-0.3, -0.25) is 4.72 Å². The lowest BCUT2D eigenvalue weighted by atomic mass is 9.90. The molecular formula is C28H32FN3O4S. The number of fused-ring (bicyclic) bond motifs is 2. The van der Waals surface area contributed by atoms with Gasteiger partial charge in [0.2, 0.25) is 0 Å². The summed E-state index contributed by atoms with van der Waals surface area (Å²) in [6, 6.07) is 11.7. The Bertz CT molecular complexity index is 1360. The van der Waals surface area contributed by atoms with E-state index in [1.807, 2.05) is 12.1 Å². The fraction of sp³-hybridized carbons (Fsp3) is 0.429. The molecule has 3 aliphatic rings. The van der Waals surface area contributed by atoms with Gasteiger partial charge >= 0.3 is 0 Å². The van der Waals surface area contributed by atoms with E-state index in [-0.39, 0.29) is 35.6 Å². The summed E-state index contributed by atoms with van der Waals surface area (Å²) >= 11 is 0. The fourth-order valence-electron chi connectivity index (χ4n) is 5.36. The minimum atomic E-state index is -0.636. The molecule has 2 aromatic heterocycles. The van der Waals surface area contributed by atoms with Gasteiger partial charge in [-0.15, -0.1) is 10.7 Å². The van der Waals surface area contributed by atoms with E-state index in [9.17, 15) is 5.11 Å². The molecule has 2 saturated heterocycles. The van der Waals surface area contributed by atoms with Crippen LogP contribution in [0.5, 0.6) is 5.88 Å². The van der Waals surface area contributed by atoms with Crippen LogP contribution in [0, 0.1) is 5.82 Å². The molecule has 1 aliphatic carbocycles. The van der Waals surface area contributed by atoms with Crippen molar-refractivity contribution in [1.29, 1.82) is 0 Å². The van der Waals surface area contributed by atoms with Gasteiger partial charge in [-0.25, -0.2) is 9.37 Å². The highest BCUT2D eigenvalue weighted by molar-refractivity contribution is 8.12. The summed E-state index contributed by atoms with van der Waals surface area (Å²) in [6.45, 7) is 2.66. The van der Waals surface area contributed by atoms with E-state index >= 15 is 4.39 Å². The highest BCUT2D eigenvalue weighted by atomic mass is 32.2. The monoisotopic (exact) mass is 525 g/mol. The first-order chi connectivity index (χ1) is 18.0. The van der Waals surface area contributed by atoms with E-state index in [4.69, 9.17) is 14.2 Å². The Morgan fingerprint density at radius 2 is 1.95 bits per heavy atom. The number of pyridine rings is 1. The van der Waals surface area contributed by atoms with Gasteiger partial charge in [-0.1, -0.05) is 35.7 Å². The van der Waals surface area contributed by atoms with E-state index < -0.39 is 11.9 Å². The van der Waals surface area contributed by atoms with Crippen LogP contribution >= 0.6 is 10.7 Å². The molecule has 3 aromatic rings. The molecular weight excluding hydrogens is 493 g/mol. The van der Waals surface area contributed by atoms with E-state index in [0.717, 1.165) is 24.8 Å². The van der Waals surface area contributed by atoms with E-state index in [0.29, 0.717) is 35.3 Å². The zero-order valence-corrected chi connectivity index (χ0v) is 21.8. The molecule has 0 amide bonds. The van der Waals surface area contributed by atoms with Crippen molar-refractivity contribution in [3.63, 3.8) is 0 Å². The first-order valence-electron chi connectivity index (χ1n) is 12.8. The molecule has 37 heavy (non-hydrogen) atoms. The maximum atomic E-state index is 15.1. The van der Waals surface area contributed by atoms with Gasteiger partial charge in [-0.2, -0.15) is 0 Å². The second-order valence-corrected chi connectivity index (χ2v) is 11.7. The second-order valence-electron chi connectivity index (χ2n) is 9.89. The predicted octanol–water partition coefficient (Wildman–Crippen LogP) is 4.44. The smallest absolute Gasteiger partial charge is 0.193 e. The zero-order valence-electron chi connectivity index (χ0n) is 20.9. The number of hydrogen-bond donors (Lipinski definition) is 3. The average molecular weight is 526 g/mol. The first kappa shape index (κ1) is 24.8. The predicted molar refractivity (Wildman–Crippen MR) is 145 cm³/mol. The average Bonchev–Trinajstić information content (AvgIpc) is 3.60. The third-order valence-corrected chi connectivity index (χ3v) is 8.85. The quantitative estimate of drug-likeness (QED) is 0.413. The van der Waals surface area contributed by atoms with Crippen LogP contribution in [-0.4, -0.2) is 70.4 Å². The number of nitrogens with zero attached hydrogens (tertiary/aromatic N) is 1.